The number of hydrogen-bond donors (Lipinski definition) is 2. The van der Waals surface area contributed by atoms with Gasteiger partial charge in [-0.3, -0.25) is 0 Å². The fourth-order valence-electron chi connectivity index (χ4n) is 2.48. The van der Waals surface area contributed by atoms with Crippen molar-refractivity contribution in [1.29, 1.82) is 0 Å². The molecular formula is C20H26BrNO3. The lowest BCUT2D eigenvalue weighted by Crippen LogP contribution is -2.21. The second-order valence-corrected chi connectivity index (χ2v) is 6.60. The van der Waals surface area contributed by atoms with Crippen LogP contribution >= 0.6 is 15.9 Å². The van der Waals surface area contributed by atoms with Crippen molar-refractivity contribution in [3.8, 4) is 11.5 Å². The van der Waals surface area contributed by atoms with E-state index in [2.05, 4.69) is 28.2 Å². The van der Waals surface area contributed by atoms with Crippen molar-refractivity contribution in [2.75, 3.05) is 19.8 Å². The molecule has 136 valence electrons. The minimum absolute atomic E-state index is 0.486. The van der Waals surface area contributed by atoms with E-state index in [9.17, 15) is 5.11 Å². The third kappa shape index (κ3) is 6.03. The first-order valence-electron chi connectivity index (χ1n) is 8.67. The molecule has 2 aromatic rings. The number of ether oxygens (including phenoxy) is 2. The molecule has 0 heterocycles. The SMILES string of the molecule is CCCOc1c(Br)cc(CNC[C@H](O)c2ccccc2)cc1OCC. The summed E-state index contributed by atoms with van der Waals surface area (Å²) in [6.45, 7) is 6.39. The van der Waals surface area contributed by atoms with Gasteiger partial charge in [-0.05, 0) is 52.5 Å². The summed E-state index contributed by atoms with van der Waals surface area (Å²) in [6, 6.07) is 13.7. The predicted octanol–water partition coefficient (Wildman–Crippen LogP) is 4.46. The Morgan fingerprint density at radius 2 is 1.88 bits per heavy atom. The maximum absolute atomic E-state index is 10.2. The number of halogens is 1. The number of aliphatic hydroxyl groups excluding tert-OH is 1. The van der Waals surface area contributed by atoms with E-state index >= 15 is 0 Å². The highest BCUT2D eigenvalue weighted by atomic mass is 79.9. The maximum Gasteiger partial charge on any atom is 0.175 e. The zero-order valence-corrected chi connectivity index (χ0v) is 16.4. The Kier molecular flexibility index (Phi) is 8.25. The lowest BCUT2D eigenvalue weighted by molar-refractivity contribution is 0.174. The van der Waals surface area contributed by atoms with Gasteiger partial charge in [-0.25, -0.2) is 0 Å². The fourth-order valence-corrected chi connectivity index (χ4v) is 3.08. The van der Waals surface area contributed by atoms with Crippen LogP contribution in [0.1, 0.15) is 37.5 Å². The Hall–Kier alpha value is -1.56. The quantitative estimate of drug-likeness (QED) is 0.610. The van der Waals surface area contributed by atoms with E-state index in [0.717, 1.165) is 33.5 Å². The highest BCUT2D eigenvalue weighted by Gasteiger charge is 2.13. The Balaban J connectivity index is 1.99. The van der Waals surface area contributed by atoms with Crippen molar-refractivity contribution < 1.29 is 14.6 Å². The summed E-state index contributed by atoms with van der Waals surface area (Å²) in [5.41, 5.74) is 1.98. The molecule has 0 aromatic heterocycles. The van der Waals surface area contributed by atoms with Gasteiger partial charge < -0.3 is 19.9 Å². The van der Waals surface area contributed by atoms with Crippen LogP contribution in [0.5, 0.6) is 11.5 Å². The molecule has 0 saturated heterocycles. The zero-order valence-electron chi connectivity index (χ0n) is 14.8. The normalized spacial score (nSPS) is 12.0. The van der Waals surface area contributed by atoms with Gasteiger partial charge in [0, 0.05) is 13.1 Å². The number of hydrogen-bond acceptors (Lipinski definition) is 4. The molecule has 25 heavy (non-hydrogen) atoms. The smallest absolute Gasteiger partial charge is 0.175 e. The Morgan fingerprint density at radius 3 is 2.56 bits per heavy atom. The summed E-state index contributed by atoms with van der Waals surface area (Å²) in [5, 5.41) is 13.5. The van der Waals surface area contributed by atoms with Crippen molar-refractivity contribution >= 4 is 15.9 Å². The Labute approximate surface area is 158 Å². The van der Waals surface area contributed by atoms with Crippen LogP contribution in [-0.2, 0) is 6.54 Å². The van der Waals surface area contributed by atoms with Crippen LogP contribution in [0, 0.1) is 0 Å². The largest absolute Gasteiger partial charge is 0.490 e. The van der Waals surface area contributed by atoms with Crippen molar-refractivity contribution in [3.05, 3.63) is 58.1 Å². The summed E-state index contributed by atoms with van der Waals surface area (Å²) in [5.74, 6) is 1.49. The highest BCUT2D eigenvalue weighted by molar-refractivity contribution is 9.10. The molecule has 4 nitrogen and oxygen atoms in total. The molecule has 0 bridgehead atoms. The molecule has 1 atom stereocenters. The number of aliphatic hydroxyl groups is 1. The molecule has 0 fully saturated rings. The van der Waals surface area contributed by atoms with Gasteiger partial charge in [0.05, 0.1) is 23.8 Å². The maximum atomic E-state index is 10.2. The number of benzene rings is 2. The Bertz CT molecular complexity index is 649. The molecule has 2 aromatic carbocycles. The van der Waals surface area contributed by atoms with Gasteiger partial charge in [-0.15, -0.1) is 0 Å². The number of rotatable bonds is 10. The average Bonchev–Trinajstić information content (AvgIpc) is 2.62. The van der Waals surface area contributed by atoms with Crippen LogP contribution in [0.2, 0.25) is 0 Å². The van der Waals surface area contributed by atoms with Crippen LogP contribution < -0.4 is 14.8 Å². The molecule has 0 radical (unpaired) electrons. The first-order chi connectivity index (χ1) is 12.2. The van der Waals surface area contributed by atoms with E-state index in [-0.39, 0.29) is 0 Å². The molecule has 5 heteroatoms. The van der Waals surface area contributed by atoms with Crippen molar-refractivity contribution in [1.82, 2.24) is 5.32 Å². The van der Waals surface area contributed by atoms with E-state index in [1.54, 1.807) is 0 Å². The second-order valence-electron chi connectivity index (χ2n) is 5.74. The topological polar surface area (TPSA) is 50.7 Å². The molecular weight excluding hydrogens is 382 g/mol. The Morgan fingerprint density at radius 1 is 1.12 bits per heavy atom. The lowest BCUT2D eigenvalue weighted by Gasteiger charge is -2.16. The molecule has 0 spiro atoms. The van der Waals surface area contributed by atoms with E-state index < -0.39 is 6.10 Å². The van der Waals surface area contributed by atoms with Gasteiger partial charge in [-0.1, -0.05) is 37.3 Å². The van der Waals surface area contributed by atoms with Crippen LogP contribution in [0.15, 0.2) is 46.9 Å². The fraction of sp³-hybridized carbons (Fsp3) is 0.400. The van der Waals surface area contributed by atoms with Crippen LogP contribution in [0.4, 0.5) is 0 Å². The highest BCUT2D eigenvalue weighted by Crippen LogP contribution is 2.37. The van der Waals surface area contributed by atoms with Gasteiger partial charge in [0.2, 0.25) is 0 Å². The summed E-state index contributed by atoms with van der Waals surface area (Å²) >= 11 is 3.57. The summed E-state index contributed by atoms with van der Waals surface area (Å²) in [4.78, 5) is 0. The average molecular weight is 408 g/mol. The van der Waals surface area contributed by atoms with Crippen molar-refractivity contribution in [2.24, 2.45) is 0 Å². The monoisotopic (exact) mass is 407 g/mol. The van der Waals surface area contributed by atoms with Crippen LogP contribution in [-0.4, -0.2) is 24.9 Å². The summed E-state index contributed by atoms with van der Waals surface area (Å²) in [6.07, 6.45) is 0.418. The number of nitrogens with one attached hydrogen (secondary N) is 1. The van der Waals surface area contributed by atoms with E-state index in [1.165, 1.54) is 0 Å². The van der Waals surface area contributed by atoms with E-state index in [0.29, 0.717) is 26.3 Å². The molecule has 0 aliphatic rings. The third-order valence-electron chi connectivity index (χ3n) is 3.67. The molecule has 2 N–H and O–H groups in total. The van der Waals surface area contributed by atoms with Crippen molar-refractivity contribution in [3.63, 3.8) is 0 Å². The minimum Gasteiger partial charge on any atom is -0.490 e. The first-order valence-corrected chi connectivity index (χ1v) is 9.46. The standard InChI is InChI=1S/C20H26BrNO3/c1-3-10-25-20-17(21)11-15(12-19(20)24-4-2)13-22-14-18(23)16-8-6-5-7-9-16/h5-9,11-12,18,22-23H,3-4,10,13-14H2,1-2H3/t18-/m0/s1. The van der Waals surface area contributed by atoms with Gasteiger partial charge in [0.1, 0.15) is 0 Å². The minimum atomic E-state index is -0.525. The molecule has 0 aliphatic heterocycles. The molecule has 2 rings (SSSR count). The molecule has 0 amide bonds. The predicted molar refractivity (Wildman–Crippen MR) is 104 cm³/mol. The lowest BCUT2D eigenvalue weighted by atomic mass is 10.1. The van der Waals surface area contributed by atoms with Crippen molar-refractivity contribution in [2.45, 2.75) is 32.9 Å². The second kappa shape index (κ2) is 10.4. The third-order valence-corrected chi connectivity index (χ3v) is 4.26. The van der Waals surface area contributed by atoms with Crippen LogP contribution in [0.25, 0.3) is 0 Å². The molecule has 0 aliphatic carbocycles. The van der Waals surface area contributed by atoms with E-state index in [1.807, 2.05) is 49.4 Å². The van der Waals surface area contributed by atoms with Gasteiger partial charge in [-0.2, -0.15) is 0 Å². The van der Waals surface area contributed by atoms with Gasteiger partial charge in [0.15, 0.2) is 11.5 Å². The van der Waals surface area contributed by atoms with Gasteiger partial charge >= 0.3 is 0 Å². The zero-order chi connectivity index (χ0) is 18.1. The summed E-state index contributed by atoms with van der Waals surface area (Å²) < 4.78 is 12.4. The molecule has 0 unspecified atom stereocenters. The van der Waals surface area contributed by atoms with E-state index in [4.69, 9.17) is 9.47 Å². The first kappa shape index (κ1) is 19.8. The molecule has 0 saturated carbocycles. The summed E-state index contributed by atoms with van der Waals surface area (Å²) in [7, 11) is 0. The van der Waals surface area contributed by atoms with Gasteiger partial charge in [0.25, 0.3) is 0 Å². The van der Waals surface area contributed by atoms with Crippen LogP contribution in [0.3, 0.4) is 0 Å².